The number of fused-ring (bicyclic) bond motifs is 1. The second-order valence-corrected chi connectivity index (χ2v) is 10.2. The number of pyridine rings is 1. The van der Waals surface area contributed by atoms with Crippen molar-refractivity contribution in [3.63, 3.8) is 0 Å². The molecule has 2 rings (SSSR count). The highest BCUT2D eigenvalue weighted by Crippen LogP contribution is 2.34. The summed E-state index contributed by atoms with van der Waals surface area (Å²) in [5.74, 6) is -6.75. The van der Waals surface area contributed by atoms with E-state index in [0.29, 0.717) is 6.07 Å². The van der Waals surface area contributed by atoms with Crippen molar-refractivity contribution in [1.29, 1.82) is 0 Å². The van der Waals surface area contributed by atoms with Crippen LogP contribution in [0, 0.1) is 0 Å². The minimum absolute atomic E-state index is 0.0772. The summed E-state index contributed by atoms with van der Waals surface area (Å²) in [6.45, 7) is -4.32. The first kappa shape index (κ1) is 38.1. The van der Waals surface area contributed by atoms with Crippen molar-refractivity contribution >= 4 is 52.3 Å². The number of carbonyl (C=O) groups excluding carboxylic acids is 2. The van der Waals surface area contributed by atoms with E-state index in [2.05, 4.69) is 10.6 Å². The third kappa shape index (κ3) is 12.7. The van der Waals surface area contributed by atoms with E-state index in [1.165, 1.54) is 11.9 Å². The molecule has 0 bridgehead atoms. The molecule has 20 heteroatoms. The van der Waals surface area contributed by atoms with Crippen LogP contribution in [-0.4, -0.2) is 141 Å². The van der Waals surface area contributed by atoms with Gasteiger partial charge in [-0.25, -0.2) is 0 Å². The summed E-state index contributed by atoms with van der Waals surface area (Å²) < 4.78 is 41.8. The van der Waals surface area contributed by atoms with Gasteiger partial charge in [-0.05, 0) is 12.1 Å². The van der Waals surface area contributed by atoms with Gasteiger partial charge >= 0.3 is 30.1 Å². The Hall–Kier alpha value is -5.08. The van der Waals surface area contributed by atoms with Gasteiger partial charge in [-0.1, -0.05) is 6.07 Å². The molecule has 0 saturated heterocycles. The van der Waals surface area contributed by atoms with Crippen molar-refractivity contribution in [3.8, 4) is 0 Å². The third-order valence-corrected chi connectivity index (χ3v) is 6.55. The Morgan fingerprint density at radius 2 is 1.19 bits per heavy atom. The topological polar surface area (TPSA) is 239 Å². The van der Waals surface area contributed by atoms with Gasteiger partial charge < -0.3 is 31.1 Å². The molecular formula is C27H33F3N6O11. The maximum absolute atomic E-state index is 13.7. The van der Waals surface area contributed by atoms with Crippen molar-refractivity contribution in [1.82, 2.24) is 24.6 Å². The van der Waals surface area contributed by atoms with Crippen LogP contribution in [-0.2, 0) is 41.5 Å². The molecule has 0 aliphatic carbocycles. The Kier molecular flexibility index (Phi) is 13.8. The number of nitrogens with one attached hydrogen (secondary N) is 2. The van der Waals surface area contributed by atoms with Gasteiger partial charge in [0, 0.05) is 50.4 Å². The molecule has 2 aromatic rings. The zero-order valence-electron chi connectivity index (χ0n) is 24.9. The highest BCUT2D eigenvalue weighted by atomic mass is 19.4. The van der Waals surface area contributed by atoms with Crippen LogP contribution in [0.15, 0.2) is 29.1 Å². The Morgan fingerprint density at radius 1 is 0.723 bits per heavy atom. The highest BCUT2D eigenvalue weighted by molar-refractivity contribution is 5.96. The van der Waals surface area contributed by atoms with E-state index in [1.54, 1.807) is 0 Å². The SMILES string of the molecule is CNC(=O)Cn1c(=O)cc(C(F)(F)F)c2ccc(NC(=O)CN(CCN(CCN(CC(=O)O)CC(=O)O)CC(=O)O)CC(=O)O)cc21. The predicted octanol–water partition coefficient (Wildman–Crippen LogP) is -1.05. The van der Waals surface area contributed by atoms with Gasteiger partial charge in [-0.3, -0.25) is 52.8 Å². The number of hydrogen-bond acceptors (Lipinski definition) is 10. The Bertz CT molecular complexity index is 1550. The fourth-order valence-corrected chi connectivity index (χ4v) is 4.51. The molecule has 6 N–H and O–H groups in total. The number of likely N-dealkylation sites (N-methyl/N-ethyl adjacent to an activating group) is 1. The highest BCUT2D eigenvalue weighted by Gasteiger charge is 2.34. The molecule has 17 nitrogen and oxygen atoms in total. The molecule has 47 heavy (non-hydrogen) atoms. The van der Waals surface area contributed by atoms with Gasteiger partial charge in [0.05, 0.1) is 43.8 Å². The number of alkyl halides is 3. The second-order valence-electron chi connectivity index (χ2n) is 10.2. The number of halogens is 3. The molecule has 0 fully saturated rings. The van der Waals surface area contributed by atoms with Crippen molar-refractivity contribution in [2.45, 2.75) is 12.7 Å². The normalized spacial score (nSPS) is 11.6. The van der Waals surface area contributed by atoms with Gasteiger partial charge in [0.1, 0.15) is 6.54 Å². The molecule has 0 radical (unpaired) electrons. The van der Waals surface area contributed by atoms with Crippen LogP contribution in [0.4, 0.5) is 18.9 Å². The second kappa shape index (κ2) is 17.0. The van der Waals surface area contributed by atoms with Gasteiger partial charge in [0.25, 0.3) is 5.56 Å². The minimum atomic E-state index is -4.91. The number of benzene rings is 1. The van der Waals surface area contributed by atoms with E-state index in [9.17, 15) is 56.9 Å². The molecule has 2 amide bonds. The first-order valence-corrected chi connectivity index (χ1v) is 13.7. The van der Waals surface area contributed by atoms with Crippen molar-refractivity contribution in [3.05, 3.63) is 40.2 Å². The zero-order chi connectivity index (χ0) is 35.5. The lowest BCUT2D eigenvalue weighted by atomic mass is 10.1. The fourth-order valence-electron chi connectivity index (χ4n) is 4.51. The lowest BCUT2D eigenvalue weighted by Gasteiger charge is -2.27. The molecular weight excluding hydrogens is 641 g/mol. The predicted molar refractivity (Wildman–Crippen MR) is 156 cm³/mol. The smallest absolute Gasteiger partial charge is 0.417 e. The molecule has 0 spiro atoms. The number of hydrogen-bond donors (Lipinski definition) is 6. The van der Waals surface area contributed by atoms with Gasteiger partial charge in [0.2, 0.25) is 11.8 Å². The van der Waals surface area contributed by atoms with E-state index in [4.69, 9.17) is 10.2 Å². The monoisotopic (exact) mass is 674 g/mol. The van der Waals surface area contributed by atoms with Crippen LogP contribution in [0.25, 0.3) is 10.9 Å². The lowest BCUT2D eigenvalue weighted by molar-refractivity contribution is -0.143. The van der Waals surface area contributed by atoms with Gasteiger partial charge in [-0.2, -0.15) is 13.2 Å². The van der Waals surface area contributed by atoms with Crippen LogP contribution in [0.5, 0.6) is 0 Å². The molecule has 0 unspecified atom stereocenters. The van der Waals surface area contributed by atoms with E-state index in [-0.39, 0.29) is 37.4 Å². The largest absolute Gasteiger partial charge is 0.480 e. The van der Waals surface area contributed by atoms with Crippen molar-refractivity contribution in [2.75, 3.05) is 71.3 Å². The lowest BCUT2D eigenvalue weighted by Crippen LogP contribution is -2.46. The summed E-state index contributed by atoms with van der Waals surface area (Å²) in [7, 11) is 1.27. The number of carboxylic acids is 4. The van der Waals surface area contributed by atoms with Crippen LogP contribution in [0.1, 0.15) is 5.56 Å². The van der Waals surface area contributed by atoms with Crippen molar-refractivity contribution < 1.29 is 62.4 Å². The van der Waals surface area contributed by atoms with Crippen LogP contribution in [0.2, 0.25) is 0 Å². The quantitative estimate of drug-likeness (QED) is 0.104. The average molecular weight is 675 g/mol. The molecule has 0 saturated carbocycles. The van der Waals surface area contributed by atoms with E-state index < -0.39 is 97.6 Å². The molecule has 1 heterocycles. The summed E-state index contributed by atoms with van der Waals surface area (Å²) in [4.78, 5) is 85.8. The number of amides is 2. The summed E-state index contributed by atoms with van der Waals surface area (Å²) >= 11 is 0. The zero-order valence-corrected chi connectivity index (χ0v) is 24.9. The average Bonchev–Trinajstić information content (AvgIpc) is 2.93. The summed E-state index contributed by atoms with van der Waals surface area (Å²) in [5.41, 5.74) is -2.76. The number of carboxylic acid groups (broad SMARTS) is 4. The molecule has 0 aliphatic heterocycles. The fraction of sp³-hybridized carbons (Fsp3) is 0.444. The minimum Gasteiger partial charge on any atom is -0.480 e. The van der Waals surface area contributed by atoms with Crippen LogP contribution < -0.4 is 16.2 Å². The van der Waals surface area contributed by atoms with E-state index in [0.717, 1.165) is 32.6 Å². The van der Waals surface area contributed by atoms with Gasteiger partial charge in [0.15, 0.2) is 0 Å². The molecule has 0 aliphatic rings. The number of rotatable bonds is 19. The summed E-state index contributed by atoms with van der Waals surface area (Å²) in [6.07, 6.45) is -4.91. The third-order valence-electron chi connectivity index (χ3n) is 6.55. The van der Waals surface area contributed by atoms with Crippen LogP contribution in [0.3, 0.4) is 0 Å². The molecule has 1 aromatic heterocycles. The summed E-state index contributed by atoms with van der Waals surface area (Å²) in [5, 5.41) is 40.9. The molecule has 0 atom stereocenters. The van der Waals surface area contributed by atoms with E-state index in [1.807, 2.05) is 0 Å². The first-order chi connectivity index (χ1) is 21.9. The Morgan fingerprint density at radius 3 is 1.66 bits per heavy atom. The maximum Gasteiger partial charge on any atom is 0.417 e. The Balaban J connectivity index is 2.26. The Labute approximate surface area is 263 Å². The van der Waals surface area contributed by atoms with Crippen molar-refractivity contribution in [2.24, 2.45) is 0 Å². The number of carbonyl (C=O) groups is 6. The number of aliphatic carboxylic acids is 4. The maximum atomic E-state index is 13.7. The molecule has 1 aromatic carbocycles. The van der Waals surface area contributed by atoms with Gasteiger partial charge in [-0.15, -0.1) is 0 Å². The number of anilines is 1. The van der Waals surface area contributed by atoms with E-state index >= 15 is 0 Å². The molecule has 258 valence electrons. The number of nitrogens with zero attached hydrogens (tertiary/aromatic N) is 4. The first-order valence-electron chi connectivity index (χ1n) is 13.7. The van der Waals surface area contributed by atoms with Crippen LogP contribution >= 0.6 is 0 Å². The summed E-state index contributed by atoms with van der Waals surface area (Å²) in [6, 6.07) is 3.55. The standard InChI is InChI=1S/C27H33F3N6O11/c1-31-20(37)11-36-19-8-16(2-3-17(19)18(9-22(36)39)27(28,29)30)32-21(38)10-34(13-24(42)43)6-4-33(12-23(40)41)5-7-35(14-25(44)45)15-26(46)47/h2-3,8-9H,4-7,10-15H2,1H3,(H,31,37)(H,32,38)(H,40,41)(H,42,43)(H,44,45)(H,46,47). The number of aromatic nitrogens is 1.